The third kappa shape index (κ3) is 1.75. The molecular formula is C9H8Cl2N2O2. The van der Waals surface area contributed by atoms with E-state index in [1.165, 1.54) is 0 Å². The molecule has 3 atom stereocenters. The fourth-order valence-corrected chi connectivity index (χ4v) is 2.51. The zero-order valence-electron chi connectivity index (χ0n) is 7.56. The molecule has 1 aromatic carbocycles. The van der Waals surface area contributed by atoms with Gasteiger partial charge in [0.15, 0.2) is 5.50 Å². The predicted octanol–water partition coefficient (Wildman–Crippen LogP) is 2.60. The average Bonchev–Trinajstić information content (AvgIpc) is 2.17. The van der Waals surface area contributed by atoms with Crippen LogP contribution in [0.15, 0.2) is 24.3 Å². The molecule has 4 nitrogen and oxygen atoms in total. The van der Waals surface area contributed by atoms with Crippen molar-refractivity contribution in [2.24, 2.45) is 0 Å². The summed E-state index contributed by atoms with van der Waals surface area (Å²) in [4.78, 5) is 10.3. The van der Waals surface area contributed by atoms with E-state index >= 15 is 0 Å². The lowest BCUT2D eigenvalue weighted by atomic mass is 9.99. The molecule has 0 aliphatic carbocycles. The van der Waals surface area contributed by atoms with E-state index in [-0.39, 0.29) is 0 Å². The molecule has 3 unspecified atom stereocenters. The molecule has 1 aromatic rings. The molecule has 1 N–H and O–H groups in total. The molecule has 0 spiro atoms. The molecule has 1 aliphatic heterocycles. The monoisotopic (exact) mass is 246 g/mol. The number of hydrogen-bond donors (Lipinski definition) is 1. The van der Waals surface area contributed by atoms with Crippen LogP contribution in [0, 0.1) is 10.1 Å². The lowest BCUT2D eigenvalue weighted by Crippen LogP contribution is -2.42. The van der Waals surface area contributed by atoms with Crippen molar-refractivity contribution in [2.45, 2.75) is 16.9 Å². The van der Waals surface area contributed by atoms with Crippen LogP contribution in [0.2, 0.25) is 0 Å². The third-order valence-corrected chi connectivity index (χ3v) is 3.25. The van der Waals surface area contributed by atoms with Gasteiger partial charge in [-0.25, -0.2) is 0 Å². The molecule has 0 radical (unpaired) electrons. The van der Waals surface area contributed by atoms with Crippen LogP contribution in [0.1, 0.15) is 10.9 Å². The Kier molecular flexibility index (Phi) is 2.71. The second-order valence-corrected chi connectivity index (χ2v) is 4.25. The topological polar surface area (TPSA) is 55.2 Å². The zero-order chi connectivity index (χ0) is 11.0. The Bertz CT molecular complexity index is 399. The minimum Gasteiger partial charge on any atom is -0.363 e. The van der Waals surface area contributed by atoms with Crippen molar-refractivity contribution in [3.63, 3.8) is 0 Å². The summed E-state index contributed by atoms with van der Waals surface area (Å²) in [5.41, 5.74) is 0.700. The Balaban J connectivity index is 2.42. The first kappa shape index (κ1) is 10.5. The zero-order valence-corrected chi connectivity index (χ0v) is 9.07. The number of fused-ring (bicyclic) bond motifs is 1. The van der Waals surface area contributed by atoms with Crippen LogP contribution in [0.3, 0.4) is 0 Å². The fraction of sp³-hybridized carbons (Fsp3) is 0.333. The predicted molar refractivity (Wildman–Crippen MR) is 59.1 cm³/mol. The van der Waals surface area contributed by atoms with Gasteiger partial charge in [-0.2, -0.15) is 0 Å². The van der Waals surface area contributed by atoms with E-state index in [2.05, 4.69) is 5.32 Å². The summed E-state index contributed by atoms with van der Waals surface area (Å²) < 4.78 is 0. The van der Waals surface area contributed by atoms with Crippen molar-refractivity contribution < 1.29 is 4.92 Å². The molecule has 15 heavy (non-hydrogen) atoms. The normalized spacial score (nSPS) is 29.1. The van der Waals surface area contributed by atoms with E-state index in [0.717, 1.165) is 11.3 Å². The van der Waals surface area contributed by atoms with Crippen LogP contribution in [-0.2, 0) is 0 Å². The van der Waals surface area contributed by atoms with Gasteiger partial charge in [0.25, 0.3) is 6.04 Å². The Hall–Kier alpha value is -1.00. The highest BCUT2D eigenvalue weighted by atomic mass is 35.5. The molecule has 80 valence electrons. The smallest absolute Gasteiger partial charge is 0.266 e. The largest absolute Gasteiger partial charge is 0.363 e. The molecule has 1 aliphatic rings. The Labute approximate surface area is 96.3 Å². The number of para-hydroxylation sites is 1. The van der Waals surface area contributed by atoms with Gasteiger partial charge in [0.05, 0.1) is 0 Å². The molecule has 0 aromatic heterocycles. The van der Waals surface area contributed by atoms with Crippen molar-refractivity contribution in [3.05, 3.63) is 39.9 Å². The molecule has 0 fully saturated rings. The van der Waals surface area contributed by atoms with Gasteiger partial charge in [-0.15, -0.1) is 11.6 Å². The molecule has 0 amide bonds. The highest BCUT2D eigenvalue weighted by Gasteiger charge is 2.42. The highest BCUT2D eigenvalue weighted by Crippen LogP contribution is 2.39. The maximum absolute atomic E-state index is 10.8. The number of hydrogen-bond acceptors (Lipinski definition) is 3. The van der Waals surface area contributed by atoms with E-state index in [9.17, 15) is 10.1 Å². The van der Waals surface area contributed by atoms with Gasteiger partial charge < -0.3 is 5.32 Å². The van der Waals surface area contributed by atoms with Crippen molar-refractivity contribution >= 4 is 28.9 Å². The number of rotatable bonds is 1. The standard InChI is InChI=1S/C9H8Cl2N2O2/c10-7-5-3-1-2-4-6(5)12-9(11)8(7)13(14)15/h1-4,7-9,12H. The van der Waals surface area contributed by atoms with Crippen LogP contribution in [0.5, 0.6) is 0 Å². The molecule has 6 heteroatoms. The first-order chi connectivity index (χ1) is 7.11. The molecular weight excluding hydrogens is 239 g/mol. The summed E-state index contributed by atoms with van der Waals surface area (Å²) in [7, 11) is 0. The Morgan fingerprint density at radius 3 is 2.67 bits per heavy atom. The molecule has 2 rings (SSSR count). The SMILES string of the molecule is O=[N+]([O-])C1C(Cl)Nc2ccccc2C1Cl. The van der Waals surface area contributed by atoms with E-state index in [4.69, 9.17) is 23.2 Å². The third-order valence-electron chi connectivity index (χ3n) is 2.39. The molecule has 0 saturated carbocycles. The minimum absolute atomic E-state index is 0.446. The van der Waals surface area contributed by atoms with E-state index in [0.29, 0.717) is 0 Å². The van der Waals surface area contributed by atoms with Gasteiger partial charge in [-0.05, 0) is 6.07 Å². The van der Waals surface area contributed by atoms with Gasteiger partial charge in [0, 0.05) is 16.2 Å². The second kappa shape index (κ2) is 3.87. The van der Waals surface area contributed by atoms with Gasteiger partial charge in [-0.3, -0.25) is 10.1 Å². The van der Waals surface area contributed by atoms with Crippen LogP contribution in [0.4, 0.5) is 5.69 Å². The number of anilines is 1. The average molecular weight is 247 g/mol. The van der Waals surface area contributed by atoms with Crippen molar-refractivity contribution in [2.75, 3.05) is 5.32 Å². The minimum atomic E-state index is -1.01. The number of nitro groups is 1. The van der Waals surface area contributed by atoms with Crippen LogP contribution < -0.4 is 5.32 Å². The van der Waals surface area contributed by atoms with Crippen molar-refractivity contribution in [3.8, 4) is 0 Å². The highest BCUT2D eigenvalue weighted by molar-refractivity contribution is 6.26. The van der Waals surface area contributed by atoms with Crippen LogP contribution in [0.25, 0.3) is 0 Å². The molecule has 0 bridgehead atoms. The summed E-state index contributed by atoms with van der Waals surface area (Å²) in [6, 6.07) is 6.17. The van der Waals surface area contributed by atoms with Gasteiger partial charge in [0.1, 0.15) is 5.38 Å². The van der Waals surface area contributed by atoms with Gasteiger partial charge in [0.2, 0.25) is 0 Å². The first-order valence-electron chi connectivity index (χ1n) is 4.38. The van der Waals surface area contributed by atoms with Gasteiger partial charge >= 0.3 is 0 Å². The summed E-state index contributed by atoms with van der Waals surface area (Å²) >= 11 is 11.9. The van der Waals surface area contributed by atoms with Crippen molar-refractivity contribution in [1.82, 2.24) is 0 Å². The lowest BCUT2D eigenvalue weighted by Gasteiger charge is -2.29. The van der Waals surface area contributed by atoms with Crippen LogP contribution in [-0.4, -0.2) is 16.5 Å². The quantitative estimate of drug-likeness (QED) is 0.359. The first-order valence-corrected chi connectivity index (χ1v) is 5.25. The summed E-state index contributed by atoms with van der Waals surface area (Å²) in [6.07, 6.45) is 0. The number of halogens is 2. The fourth-order valence-electron chi connectivity index (χ4n) is 1.65. The summed E-state index contributed by atoms with van der Waals surface area (Å²) in [5, 5.41) is 12.9. The summed E-state index contributed by atoms with van der Waals surface area (Å²) in [6.45, 7) is 0. The number of alkyl halides is 2. The van der Waals surface area contributed by atoms with Gasteiger partial charge in [-0.1, -0.05) is 29.8 Å². The number of nitrogens with zero attached hydrogens (tertiary/aromatic N) is 1. The summed E-state index contributed by atoms with van der Waals surface area (Å²) in [5.74, 6) is 0. The lowest BCUT2D eigenvalue weighted by molar-refractivity contribution is -0.522. The van der Waals surface area contributed by atoms with Crippen LogP contribution >= 0.6 is 23.2 Å². The maximum atomic E-state index is 10.8. The van der Waals surface area contributed by atoms with E-state index < -0.39 is 21.8 Å². The number of benzene rings is 1. The second-order valence-electron chi connectivity index (χ2n) is 3.31. The molecule has 1 heterocycles. The van der Waals surface area contributed by atoms with E-state index in [1.54, 1.807) is 18.2 Å². The van der Waals surface area contributed by atoms with E-state index in [1.807, 2.05) is 6.07 Å². The number of nitrogens with one attached hydrogen (secondary N) is 1. The molecule has 0 saturated heterocycles. The Morgan fingerprint density at radius 1 is 1.33 bits per heavy atom. The Morgan fingerprint density at radius 2 is 2.00 bits per heavy atom. The van der Waals surface area contributed by atoms with Crippen molar-refractivity contribution in [1.29, 1.82) is 0 Å². The maximum Gasteiger partial charge on any atom is 0.266 e.